The van der Waals surface area contributed by atoms with Crippen LogP contribution in [0.5, 0.6) is 0 Å². The van der Waals surface area contributed by atoms with Crippen molar-refractivity contribution in [3.8, 4) is 0 Å². The van der Waals surface area contributed by atoms with Gasteiger partial charge in [-0.1, -0.05) is 19.8 Å². The lowest BCUT2D eigenvalue weighted by atomic mass is 9.74. The van der Waals surface area contributed by atoms with E-state index in [1.54, 1.807) is 12.4 Å². The van der Waals surface area contributed by atoms with Crippen LogP contribution >= 0.6 is 0 Å². The van der Waals surface area contributed by atoms with Gasteiger partial charge in [-0.2, -0.15) is 0 Å². The van der Waals surface area contributed by atoms with Gasteiger partial charge in [0, 0.05) is 24.5 Å². The molecule has 0 saturated heterocycles. The first-order chi connectivity index (χ1) is 9.97. The second-order valence-electron chi connectivity index (χ2n) is 6.03. The fourth-order valence-electron chi connectivity index (χ4n) is 3.07. The molecule has 0 aromatic carbocycles. The fraction of sp³-hybridized carbons (Fsp3) is 0.667. The fourth-order valence-corrected chi connectivity index (χ4v) is 4.69. The maximum atomic E-state index is 12.4. The number of sulfonamides is 1. The minimum absolute atomic E-state index is 0.0888. The molecule has 0 bridgehead atoms. The van der Waals surface area contributed by atoms with Crippen LogP contribution in [0.1, 0.15) is 38.2 Å². The van der Waals surface area contributed by atoms with Gasteiger partial charge in [-0.05, 0) is 42.9 Å². The normalized spacial score (nSPS) is 26.7. The largest absolute Gasteiger partial charge is 0.329 e. The first kappa shape index (κ1) is 16.4. The lowest BCUT2D eigenvalue weighted by molar-refractivity contribution is 0.191. The van der Waals surface area contributed by atoms with Crippen LogP contribution in [-0.4, -0.2) is 31.2 Å². The van der Waals surface area contributed by atoms with Crippen LogP contribution < -0.4 is 10.5 Å². The summed E-state index contributed by atoms with van der Waals surface area (Å²) in [7, 11) is -3.33. The molecule has 0 amide bonds. The summed E-state index contributed by atoms with van der Waals surface area (Å²) in [4.78, 5) is 3.94. The maximum absolute atomic E-state index is 12.4. The Labute approximate surface area is 127 Å². The predicted octanol–water partition coefficient (Wildman–Crippen LogP) is 1.45. The minimum atomic E-state index is -3.33. The summed E-state index contributed by atoms with van der Waals surface area (Å²) in [5.74, 6) is 0.373. The lowest BCUT2D eigenvalue weighted by Crippen LogP contribution is -2.59. The van der Waals surface area contributed by atoms with Crippen LogP contribution in [0.4, 0.5) is 0 Å². The van der Waals surface area contributed by atoms with Gasteiger partial charge >= 0.3 is 0 Å². The molecule has 0 spiro atoms. The van der Waals surface area contributed by atoms with Gasteiger partial charge in [0.15, 0.2) is 0 Å². The van der Waals surface area contributed by atoms with Crippen molar-refractivity contribution < 1.29 is 8.42 Å². The van der Waals surface area contributed by atoms with Crippen molar-refractivity contribution in [1.82, 2.24) is 9.71 Å². The van der Waals surface area contributed by atoms with E-state index in [0.717, 1.165) is 31.2 Å². The molecule has 6 heteroatoms. The summed E-state index contributed by atoms with van der Waals surface area (Å²) in [6, 6.07) is 3.69. The molecule has 2 rings (SSSR count). The third kappa shape index (κ3) is 4.25. The van der Waals surface area contributed by atoms with Crippen molar-refractivity contribution in [2.75, 3.05) is 12.3 Å². The first-order valence-corrected chi connectivity index (χ1v) is 9.23. The van der Waals surface area contributed by atoms with E-state index in [2.05, 4.69) is 16.6 Å². The Hall–Kier alpha value is -0.980. The highest BCUT2D eigenvalue weighted by Gasteiger charge is 2.39. The molecule has 0 radical (unpaired) electrons. The van der Waals surface area contributed by atoms with Crippen molar-refractivity contribution in [3.63, 3.8) is 0 Å². The smallest absolute Gasteiger partial charge is 0.212 e. The van der Waals surface area contributed by atoms with E-state index in [-0.39, 0.29) is 11.7 Å². The number of nitrogens with zero attached hydrogens (tertiary/aromatic N) is 1. The zero-order valence-electron chi connectivity index (χ0n) is 12.6. The molecular formula is C15H25N3O2S. The predicted molar refractivity (Wildman–Crippen MR) is 84.3 cm³/mol. The van der Waals surface area contributed by atoms with Crippen LogP contribution in [0.15, 0.2) is 24.5 Å². The highest BCUT2D eigenvalue weighted by atomic mass is 32.2. The summed E-state index contributed by atoms with van der Waals surface area (Å²) in [5.41, 5.74) is 6.43. The van der Waals surface area contributed by atoms with Crippen LogP contribution in [0.2, 0.25) is 0 Å². The highest BCUT2D eigenvalue weighted by molar-refractivity contribution is 7.89. The molecule has 1 aromatic rings. The highest BCUT2D eigenvalue weighted by Crippen LogP contribution is 2.33. The molecule has 1 heterocycles. The van der Waals surface area contributed by atoms with Crippen LogP contribution in [0.25, 0.3) is 0 Å². The van der Waals surface area contributed by atoms with Crippen LogP contribution in [0, 0.1) is 5.92 Å². The number of nitrogens with one attached hydrogen (secondary N) is 1. The molecule has 1 aliphatic carbocycles. The summed E-state index contributed by atoms with van der Waals surface area (Å²) >= 11 is 0. The van der Waals surface area contributed by atoms with Crippen molar-refractivity contribution in [2.45, 2.75) is 44.6 Å². The maximum Gasteiger partial charge on any atom is 0.212 e. The van der Waals surface area contributed by atoms with E-state index in [9.17, 15) is 8.42 Å². The SMILES string of the molecule is CC1CCCCC1(CN)NS(=O)(=O)CCc1ccncc1. The molecule has 1 saturated carbocycles. The second-order valence-corrected chi connectivity index (χ2v) is 7.88. The zero-order valence-corrected chi connectivity index (χ0v) is 13.4. The Morgan fingerprint density at radius 3 is 2.71 bits per heavy atom. The average Bonchev–Trinajstić information content (AvgIpc) is 2.49. The van der Waals surface area contributed by atoms with E-state index in [1.807, 2.05) is 12.1 Å². The van der Waals surface area contributed by atoms with Gasteiger partial charge in [-0.25, -0.2) is 13.1 Å². The van der Waals surface area contributed by atoms with Gasteiger partial charge < -0.3 is 5.73 Å². The molecule has 5 nitrogen and oxygen atoms in total. The number of rotatable bonds is 6. The van der Waals surface area contributed by atoms with Crippen LogP contribution in [0.3, 0.4) is 0 Å². The number of aromatic nitrogens is 1. The Morgan fingerprint density at radius 2 is 2.10 bits per heavy atom. The Kier molecular flexibility index (Phi) is 5.35. The summed E-state index contributed by atoms with van der Waals surface area (Å²) in [5, 5.41) is 0. The molecule has 2 atom stereocenters. The van der Waals surface area contributed by atoms with Crippen molar-refractivity contribution in [3.05, 3.63) is 30.1 Å². The number of hydrogen-bond acceptors (Lipinski definition) is 4. The third-order valence-corrected chi connectivity index (χ3v) is 6.04. The van der Waals surface area contributed by atoms with Gasteiger partial charge in [-0.15, -0.1) is 0 Å². The summed E-state index contributed by atoms with van der Waals surface area (Å²) < 4.78 is 27.7. The molecule has 0 aliphatic heterocycles. The van der Waals surface area contributed by atoms with Gasteiger partial charge in [0.2, 0.25) is 10.0 Å². The van der Waals surface area contributed by atoms with Gasteiger partial charge in [0.25, 0.3) is 0 Å². The van der Waals surface area contributed by atoms with Crippen molar-refractivity contribution >= 4 is 10.0 Å². The first-order valence-electron chi connectivity index (χ1n) is 7.58. The molecule has 1 fully saturated rings. The molecule has 3 N–H and O–H groups in total. The number of hydrogen-bond donors (Lipinski definition) is 2. The van der Waals surface area contributed by atoms with Gasteiger partial charge in [-0.3, -0.25) is 4.98 Å². The van der Waals surface area contributed by atoms with E-state index in [4.69, 9.17) is 5.73 Å². The molecular weight excluding hydrogens is 286 g/mol. The molecule has 21 heavy (non-hydrogen) atoms. The van der Waals surface area contributed by atoms with E-state index >= 15 is 0 Å². The van der Waals surface area contributed by atoms with Crippen molar-refractivity contribution in [1.29, 1.82) is 0 Å². The monoisotopic (exact) mass is 311 g/mol. The summed E-state index contributed by atoms with van der Waals surface area (Å²) in [6.45, 7) is 2.46. The van der Waals surface area contributed by atoms with E-state index in [0.29, 0.717) is 13.0 Å². The van der Waals surface area contributed by atoms with E-state index in [1.165, 1.54) is 0 Å². The zero-order chi connectivity index (χ0) is 15.3. The topological polar surface area (TPSA) is 85.1 Å². The van der Waals surface area contributed by atoms with Crippen molar-refractivity contribution in [2.24, 2.45) is 11.7 Å². The Balaban J connectivity index is 2.02. The molecule has 1 aromatic heterocycles. The standard InChI is InChI=1S/C15H25N3O2S/c1-13-4-2-3-8-15(13,12-16)18-21(19,20)11-7-14-5-9-17-10-6-14/h5-6,9-10,13,18H,2-4,7-8,11-12,16H2,1H3. The van der Waals surface area contributed by atoms with Gasteiger partial charge in [0.05, 0.1) is 5.75 Å². The molecule has 2 unspecified atom stereocenters. The van der Waals surface area contributed by atoms with Gasteiger partial charge in [0.1, 0.15) is 0 Å². The molecule has 118 valence electrons. The lowest BCUT2D eigenvalue weighted by Gasteiger charge is -2.42. The quantitative estimate of drug-likeness (QED) is 0.833. The Bertz CT molecular complexity index is 547. The average molecular weight is 311 g/mol. The Morgan fingerprint density at radius 1 is 1.38 bits per heavy atom. The minimum Gasteiger partial charge on any atom is -0.329 e. The second kappa shape index (κ2) is 6.85. The van der Waals surface area contributed by atoms with E-state index < -0.39 is 15.6 Å². The number of pyridine rings is 1. The summed E-state index contributed by atoms with van der Waals surface area (Å²) in [6.07, 6.45) is 7.91. The molecule has 1 aliphatic rings. The number of aryl methyl sites for hydroxylation is 1. The number of nitrogens with two attached hydrogens (primary N) is 1. The van der Waals surface area contributed by atoms with Crippen LogP contribution in [-0.2, 0) is 16.4 Å². The third-order valence-electron chi connectivity index (χ3n) is 4.59.